The lowest BCUT2D eigenvalue weighted by atomic mass is 10.0. The minimum Gasteiger partial charge on any atom is -0.399 e. The van der Waals surface area contributed by atoms with Crippen LogP contribution in [0.5, 0.6) is 0 Å². The summed E-state index contributed by atoms with van der Waals surface area (Å²) in [6.45, 7) is 0. The van der Waals surface area contributed by atoms with Crippen molar-refractivity contribution in [3.8, 4) is 0 Å². The van der Waals surface area contributed by atoms with Gasteiger partial charge in [0.15, 0.2) is 0 Å². The Balaban J connectivity index is 2.23. The lowest BCUT2D eigenvalue weighted by Gasteiger charge is -2.17. The van der Waals surface area contributed by atoms with Gasteiger partial charge in [-0.2, -0.15) is 5.01 Å². The van der Waals surface area contributed by atoms with Crippen LogP contribution in [0, 0.1) is 4.91 Å². The van der Waals surface area contributed by atoms with Gasteiger partial charge in [0.05, 0.1) is 16.7 Å². The van der Waals surface area contributed by atoms with Gasteiger partial charge in [0.2, 0.25) is 0 Å². The van der Waals surface area contributed by atoms with E-state index < -0.39 is 0 Å². The standard InChI is InChI=1S/C14H13N3O/c15-12-8-7-11-6-5-10-3-1-2-4-13(10)17(16-18)14(11)9-12/h1-4,7-9H,5-6,15H2. The summed E-state index contributed by atoms with van der Waals surface area (Å²) < 4.78 is 0. The molecule has 0 amide bonds. The molecule has 0 saturated carbocycles. The highest BCUT2D eigenvalue weighted by atomic mass is 16.3. The van der Waals surface area contributed by atoms with Crippen LogP contribution in [0.4, 0.5) is 17.1 Å². The first-order valence-electron chi connectivity index (χ1n) is 5.89. The summed E-state index contributed by atoms with van der Waals surface area (Å²) in [6, 6.07) is 13.5. The molecule has 0 radical (unpaired) electrons. The fourth-order valence-corrected chi connectivity index (χ4v) is 2.41. The molecule has 0 unspecified atom stereocenters. The fourth-order valence-electron chi connectivity index (χ4n) is 2.41. The Bertz CT molecular complexity index is 610. The zero-order valence-electron chi connectivity index (χ0n) is 9.84. The second kappa shape index (κ2) is 4.14. The van der Waals surface area contributed by atoms with Gasteiger partial charge in [-0.25, -0.2) is 0 Å². The van der Waals surface area contributed by atoms with Gasteiger partial charge in [-0.3, -0.25) is 0 Å². The summed E-state index contributed by atoms with van der Waals surface area (Å²) in [5, 5.41) is 4.60. The third-order valence-electron chi connectivity index (χ3n) is 3.30. The van der Waals surface area contributed by atoms with Crippen molar-refractivity contribution >= 4 is 17.1 Å². The first-order chi connectivity index (χ1) is 8.79. The molecule has 0 spiro atoms. The van der Waals surface area contributed by atoms with Gasteiger partial charge < -0.3 is 5.73 Å². The molecule has 0 atom stereocenters. The molecule has 0 fully saturated rings. The van der Waals surface area contributed by atoms with Crippen LogP contribution in [0.15, 0.2) is 47.8 Å². The molecule has 0 aromatic heterocycles. The van der Waals surface area contributed by atoms with Gasteiger partial charge >= 0.3 is 0 Å². The van der Waals surface area contributed by atoms with Crippen LogP contribution < -0.4 is 10.7 Å². The first kappa shape index (κ1) is 10.8. The molecular formula is C14H13N3O. The molecule has 2 aromatic rings. The third-order valence-corrected chi connectivity index (χ3v) is 3.30. The quantitative estimate of drug-likeness (QED) is 0.614. The third kappa shape index (κ3) is 1.62. The Kier molecular flexibility index (Phi) is 2.48. The van der Waals surface area contributed by atoms with Crippen LogP contribution in [0.25, 0.3) is 0 Å². The highest BCUT2D eigenvalue weighted by molar-refractivity contribution is 5.72. The lowest BCUT2D eigenvalue weighted by molar-refractivity contribution is 0.978. The van der Waals surface area contributed by atoms with E-state index in [1.807, 2.05) is 36.4 Å². The SMILES string of the molecule is Nc1ccc2c(c1)N(N=O)c1ccccc1CC2. The Morgan fingerprint density at radius 3 is 2.50 bits per heavy atom. The van der Waals surface area contributed by atoms with Gasteiger partial charge in [-0.05, 0) is 42.2 Å². The molecule has 1 aliphatic rings. The largest absolute Gasteiger partial charge is 0.399 e. The normalized spacial score (nSPS) is 13.4. The number of benzene rings is 2. The van der Waals surface area contributed by atoms with Crippen LogP contribution in [0.2, 0.25) is 0 Å². The Morgan fingerprint density at radius 1 is 1.00 bits per heavy atom. The monoisotopic (exact) mass is 239 g/mol. The van der Waals surface area contributed by atoms with E-state index in [1.165, 1.54) is 5.01 Å². The predicted molar refractivity (Wildman–Crippen MR) is 72.6 cm³/mol. The molecule has 90 valence electrons. The maximum absolute atomic E-state index is 11.2. The van der Waals surface area contributed by atoms with E-state index in [0.29, 0.717) is 5.69 Å². The van der Waals surface area contributed by atoms with E-state index in [4.69, 9.17) is 5.73 Å². The molecule has 2 aromatic carbocycles. The first-order valence-corrected chi connectivity index (χ1v) is 5.89. The molecule has 2 N–H and O–H groups in total. The van der Waals surface area contributed by atoms with Crippen molar-refractivity contribution in [3.05, 3.63) is 58.5 Å². The van der Waals surface area contributed by atoms with Gasteiger partial charge in [0.1, 0.15) is 0 Å². The van der Waals surface area contributed by atoms with E-state index >= 15 is 0 Å². The minimum absolute atomic E-state index is 0.641. The number of hydrogen-bond acceptors (Lipinski definition) is 3. The van der Waals surface area contributed by atoms with E-state index in [0.717, 1.165) is 35.3 Å². The molecule has 3 rings (SSSR count). The molecule has 18 heavy (non-hydrogen) atoms. The maximum Gasteiger partial charge on any atom is 0.0737 e. The second-order valence-corrected chi connectivity index (χ2v) is 4.41. The van der Waals surface area contributed by atoms with Crippen molar-refractivity contribution in [1.29, 1.82) is 0 Å². The van der Waals surface area contributed by atoms with Crippen LogP contribution in [0.1, 0.15) is 11.1 Å². The van der Waals surface area contributed by atoms with Crippen molar-refractivity contribution in [2.45, 2.75) is 12.8 Å². The van der Waals surface area contributed by atoms with Crippen LogP contribution in [0.3, 0.4) is 0 Å². The van der Waals surface area contributed by atoms with Gasteiger partial charge in [0, 0.05) is 5.69 Å². The van der Waals surface area contributed by atoms with Crippen LogP contribution >= 0.6 is 0 Å². The molecule has 4 heteroatoms. The number of anilines is 3. The van der Waals surface area contributed by atoms with Crippen molar-refractivity contribution in [2.24, 2.45) is 5.29 Å². The van der Waals surface area contributed by atoms with Crippen molar-refractivity contribution in [3.63, 3.8) is 0 Å². The Labute approximate surface area is 105 Å². The molecule has 0 saturated heterocycles. The fraction of sp³-hybridized carbons (Fsp3) is 0.143. The number of nitrogens with zero attached hydrogens (tertiary/aromatic N) is 2. The molecule has 0 aliphatic carbocycles. The number of hydrogen-bond donors (Lipinski definition) is 1. The molecule has 1 aliphatic heterocycles. The topological polar surface area (TPSA) is 58.7 Å². The van der Waals surface area contributed by atoms with Gasteiger partial charge in [0.25, 0.3) is 0 Å². The summed E-state index contributed by atoms with van der Waals surface area (Å²) in [7, 11) is 0. The molecule has 4 nitrogen and oxygen atoms in total. The van der Waals surface area contributed by atoms with Gasteiger partial charge in [-0.15, -0.1) is 4.91 Å². The van der Waals surface area contributed by atoms with Gasteiger partial charge in [-0.1, -0.05) is 24.3 Å². The Morgan fingerprint density at radius 2 is 1.72 bits per heavy atom. The lowest BCUT2D eigenvalue weighted by Crippen LogP contribution is -2.09. The number of fused-ring (bicyclic) bond motifs is 2. The summed E-state index contributed by atoms with van der Waals surface area (Å²) in [5.74, 6) is 0. The Hall–Kier alpha value is -2.36. The molecule has 1 heterocycles. The second-order valence-electron chi connectivity index (χ2n) is 4.41. The van der Waals surface area contributed by atoms with Crippen LogP contribution in [-0.4, -0.2) is 0 Å². The van der Waals surface area contributed by atoms with Crippen molar-refractivity contribution < 1.29 is 0 Å². The predicted octanol–water partition coefficient (Wildman–Crippen LogP) is 3.19. The van der Waals surface area contributed by atoms with E-state index in [9.17, 15) is 4.91 Å². The highest BCUT2D eigenvalue weighted by Gasteiger charge is 2.21. The number of rotatable bonds is 1. The van der Waals surface area contributed by atoms with E-state index in [1.54, 1.807) is 6.07 Å². The smallest absolute Gasteiger partial charge is 0.0737 e. The average Bonchev–Trinajstić information content (AvgIpc) is 2.54. The number of nitrogen functional groups attached to an aromatic ring is 1. The van der Waals surface area contributed by atoms with Crippen molar-refractivity contribution in [2.75, 3.05) is 10.7 Å². The average molecular weight is 239 g/mol. The summed E-state index contributed by atoms with van der Waals surface area (Å²) in [4.78, 5) is 11.2. The number of aryl methyl sites for hydroxylation is 2. The summed E-state index contributed by atoms with van der Waals surface area (Å²) in [5.41, 5.74) is 10.3. The number of nitroso groups, excluding NO2 is 1. The molecular weight excluding hydrogens is 226 g/mol. The van der Waals surface area contributed by atoms with Crippen LogP contribution in [-0.2, 0) is 12.8 Å². The molecule has 0 bridgehead atoms. The zero-order valence-corrected chi connectivity index (χ0v) is 9.84. The summed E-state index contributed by atoms with van der Waals surface area (Å²) >= 11 is 0. The minimum atomic E-state index is 0.641. The maximum atomic E-state index is 11.2. The van der Waals surface area contributed by atoms with E-state index in [2.05, 4.69) is 5.29 Å². The van der Waals surface area contributed by atoms with Crippen molar-refractivity contribution in [1.82, 2.24) is 0 Å². The van der Waals surface area contributed by atoms with E-state index in [-0.39, 0.29) is 0 Å². The number of nitrogens with two attached hydrogens (primary N) is 1. The zero-order chi connectivity index (χ0) is 12.5. The number of para-hydroxylation sites is 1. The highest BCUT2D eigenvalue weighted by Crippen LogP contribution is 2.36. The summed E-state index contributed by atoms with van der Waals surface area (Å²) in [6.07, 6.45) is 1.79.